The molecule has 57 heavy (non-hydrogen) atoms. The highest BCUT2D eigenvalue weighted by molar-refractivity contribution is 8.00. The van der Waals surface area contributed by atoms with Gasteiger partial charge in [-0.15, -0.1) is 0 Å². The summed E-state index contributed by atoms with van der Waals surface area (Å²) >= 11 is -0.225. The number of fused-ring (bicyclic) bond motifs is 3. The summed E-state index contributed by atoms with van der Waals surface area (Å²) in [4.78, 5) is 16.8. The predicted octanol–water partition coefficient (Wildman–Crippen LogP) is 4.14. The number of oxazole rings is 1. The lowest BCUT2D eigenvalue weighted by Gasteiger charge is -2.19. The number of nitrogens with two attached hydrogens (primary N) is 2. The number of benzene rings is 2. The molecule has 1 saturated carbocycles. The van der Waals surface area contributed by atoms with E-state index in [2.05, 4.69) is 44.4 Å². The summed E-state index contributed by atoms with van der Waals surface area (Å²) in [6.45, 7) is 4.08. The Hall–Kier alpha value is -5.59. The van der Waals surface area contributed by atoms with Crippen LogP contribution in [0.15, 0.2) is 76.4 Å². The zero-order valence-electron chi connectivity index (χ0n) is 30.2. The van der Waals surface area contributed by atoms with Gasteiger partial charge in [0.1, 0.15) is 35.3 Å². The Labute approximate surface area is 325 Å². The largest absolute Gasteiger partial charge is 0.446 e. The molecule has 1 aliphatic carbocycles. The van der Waals surface area contributed by atoms with E-state index in [1.165, 1.54) is 35.2 Å². The summed E-state index contributed by atoms with van der Waals surface area (Å²) in [5, 5.41) is 33.5. The Morgan fingerprint density at radius 3 is 2.51 bits per heavy atom. The van der Waals surface area contributed by atoms with Crippen LogP contribution in [0.4, 0.5) is 30.8 Å². The molecule has 5 heterocycles. The third kappa shape index (κ3) is 8.43. The van der Waals surface area contributed by atoms with E-state index in [9.17, 15) is 31.8 Å². The van der Waals surface area contributed by atoms with Gasteiger partial charge in [-0.2, -0.15) is 46.0 Å². The van der Waals surface area contributed by atoms with Crippen molar-refractivity contribution in [1.82, 2.24) is 44.1 Å². The molecule has 5 aromatic heterocycles. The van der Waals surface area contributed by atoms with Crippen LogP contribution in [0.2, 0.25) is 0 Å². The molecule has 0 saturated heterocycles. The van der Waals surface area contributed by atoms with Crippen molar-refractivity contribution in [1.29, 1.82) is 0 Å². The summed E-state index contributed by atoms with van der Waals surface area (Å²) < 4.78 is 76.5. The van der Waals surface area contributed by atoms with Crippen LogP contribution in [0, 0.1) is 0 Å². The van der Waals surface area contributed by atoms with Gasteiger partial charge in [0.2, 0.25) is 0 Å². The number of alkyl halides is 3. The van der Waals surface area contributed by atoms with Crippen LogP contribution in [0.25, 0.3) is 50.3 Å². The molecular weight excluding hydrogens is 794 g/mol. The highest BCUT2D eigenvalue weighted by Gasteiger charge is 2.43. The number of hydrogen-bond donors (Lipinski definition) is 6. The molecule has 4 atom stereocenters. The van der Waals surface area contributed by atoms with Gasteiger partial charge in [0.05, 0.1) is 36.4 Å². The molecule has 0 radical (unpaired) electrons. The molecule has 2 aromatic carbocycles. The SMILES string of the molecule is CC(C)n1nc(-c2ccc3oc(N)nc3c2)c2c(N)ncnc21.COS(=O)(=O)NC1CC(Nc2ccnc3cc(-c4cccc(SC(F)(F)F)c4)nn23)C(O)C1O. The Kier molecular flexibility index (Phi) is 10.7. The smallest absolute Gasteiger partial charge is 0.424 e. The lowest BCUT2D eigenvalue weighted by Crippen LogP contribution is -2.43. The zero-order valence-corrected chi connectivity index (χ0v) is 31.8. The van der Waals surface area contributed by atoms with Crippen LogP contribution >= 0.6 is 11.8 Å². The van der Waals surface area contributed by atoms with Gasteiger partial charge >= 0.3 is 15.8 Å². The number of halogens is 3. The molecule has 300 valence electrons. The fourth-order valence-corrected chi connectivity index (χ4v) is 7.66. The number of anilines is 3. The number of nitrogens with one attached hydrogen (secondary N) is 2. The van der Waals surface area contributed by atoms with Gasteiger partial charge in [-0.05, 0) is 68.4 Å². The van der Waals surface area contributed by atoms with Gasteiger partial charge < -0.3 is 31.4 Å². The number of aromatic nitrogens is 8. The summed E-state index contributed by atoms with van der Waals surface area (Å²) in [6, 6.07) is 13.1. The van der Waals surface area contributed by atoms with Gasteiger partial charge in [0, 0.05) is 34.3 Å². The second-order valence-corrected chi connectivity index (χ2v) is 15.7. The monoisotopic (exact) mass is 828 g/mol. The van der Waals surface area contributed by atoms with E-state index in [-0.39, 0.29) is 35.1 Å². The number of nitrogens with zero attached hydrogens (tertiary/aromatic N) is 8. The van der Waals surface area contributed by atoms with E-state index in [4.69, 9.17) is 15.9 Å². The van der Waals surface area contributed by atoms with Gasteiger partial charge in [0.25, 0.3) is 6.01 Å². The normalized spacial score (nSPS) is 18.8. The Morgan fingerprint density at radius 1 is 1.00 bits per heavy atom. The summed E-state index contributed by atoms with van der Waals surface area (Å²) in [7, 11) is -3.11. The first-order valence-corrected chi connectivity index (χ1v) is 19.3. The molecule has 1 aliphatic rings. The molecular formula is C34H35F3N12O6S2. The fraction of sp³-hybridized carbons (Fsp3) is 0.294. The second-order valence-electron chi connectivity index (χ2n) is 13.1. The van der Waals surface area contributed by atoms with Crippen molar-refractivity contribution in [3.05, 3.63) is 67.1 Å². The zero-order chi connectivity index (χ0) is 40.8. The second kappa shape index (κ2) is 15.4. The quantitative estimate of drug-likeness (QED) is 0.112. The van der Waals surface area contributed by atoms with Crippen LogP contribution in [-0.2, 0) is 14.5 Å². The first-order chi connectivity index (χ1) is 27.0. The summed E-state index contributed by atoms with van der Waals surface area (Å²) in [5.41, 5.74) is 12.1. The highest BCUT2D eigenvalue weighted by Crippen LogP contribution is 2.38. The van der Waals surface area contributed by atoms with E-state index >= 15 is 0 Å². The number of aliphatic hydroxyl groups is 2. The molecule has 0 spiro atoms. The molecule has 7 aromatic rings. The number of aliphatic hydroxyl groups excluding tert-OH is 2. The average Bonchev–Trinajstić information content (AvgIpc) is 3.92. The average molecular weight is 829 g/mol. The number of hydrogen-bond acceptors (Lipinski definition) is 16. The summed E-state index contributed by atoms with van der Waals surface area (Å²) in [6.07, 6.45) is 0.270. The lowest BCUT2D eigenvalue weighted by molar-refractivity contribution is -0.0328. The molecule has 23 heteroatoms. The van der Waals surface area contributed by atoms with Gasteiger partial charge in [0.15, 0.2) is 16.9 Å². The Bertz CT molecular complexity index is 2690. The summed E-state index contributed by atoms with van der Waals surface area (Å²) in [5.74, 6) is 0.778. The highest BCUT2D eigenvalue weighted by atomic mass is 32.2. The molecule has 4 unspecified atom stereocenters. The Balaban J connectivity index is 0.000000187. The lowest BCUT2D eigenvalue weighted by atomic mass is 10.1. The Morgan fingerprint density at radius 2 is 1.77 bits per heavy atom. The molecule has 8 N–H and O–H groups in total. The van der Waals surface area contributed by atoms with Crippen molar-refractivity contribution >= 4 is 67.5 Å². The third-order valence-electron chi connectivity index (χ3n) is 8.94. The van der Waals surface area contributed by atoms with E-state index in [0.717, 1.165) is 23.8 Å². The van der Waals surface area contributed by atoms with Gasteiger partial charge in [-0.3, -0.25) is 4.18 Å². The molecule has 0 aliphatic heterocycles. The maximum Gasteiger partial charge on any atom is 0.446 e. The molecule has 18 nitrogen and oxygen atoms in total. The van der Waals surface area contributed by atoms with Crippen molar-refractivity contribution in [2.24, 2.45) is 0 Å². The molecule has 0 bridgehead atoms. The minimum atomic E-state index is -4.42. The minimum absolute atomic E-state index is 0.0148. The fourth-order valence-electron chi connectivity index (χ4n) is 6.36. The van der Waals surface area contributed by atoms with E-state index in [1.807, 2.05) is 36.7 Å². The minimum Gasteiger partial charge on any atom is -0.424 e. The van der Waals surface area contributed by atoms with Crippen molar-refractivity contribution in [3.63, 3.8) is 0 Å². The first-order valence-electron chi connectivity index (χ1n) is 17.1. The molecule has 0 amide bonds. The molecule has 1 fully saturated rings. The number of nitrogen functional groups attached to an aromatic ring is 2. The topological polar surface area (TPSA) is 260 Å². The van der Waals surface area contributed by atoms with Crippen LogP contribution in [0.3, 0.4) is 0 Å². The van der Waals surface area contributed by atoms with Crippen molar-refractivity contribution in [3.8, 4) is 22.5 Å². The number of rotatable bonds is 9. The van der Waals surface area contributed by atoms with Crippen molar-refractivity contribution in [2.45, 2.75) is 61.0 Å². The van der Waals surface area contributed by atoms with Gasteiger partial charge in [-0.1, -0.05) is 12.1 Å². The van der Waals surface area contributed by atoms with Crippen LogP contribution in [-0.4, -0.2) is 94.9 Å². The van der Waals surface area contributed by atoms with E-state index < -0.39 is 40.1 Å². The van der Waals surface area contributed by atoms with Crippen molar-refractivity contribution in [2.75, 3.05) is 23.9 Å². The van der Waals surface area contributed by atoms with Gasteiger partial charge in [-0.25, -0.2) is 19.6 Å². The standard InChI is InChI=1S/C19H20F3N5O5S2.C15H15N7O/c1-32-34(30,31)26-14-8-13(17(28)18(14)29)24-15-5-6-23-16-9-12(25-27(15)16)10-3-2-4-11(7-10)33-19(20,21)22;1-7(2)22-14-11(13(16)18-6-19-14)12(21-22)8-3-4-10-9(5-8)20-15(17)23-10/h2-7,9,13-14,17-18,24,26,28-29H,8H2,1H3;3-7H,1-2H3,(H2,17,20)(H2,16,18,19). The van der Waals surface area contributed by atoms with Crippen LogP contribution in [0.5, 0.6) is 0 Å². The van der Waals surface area contributed by atoms with Crippen LogP contribution in [0.1, 0.15) is 26.3 Å². The molecule has 8 rings (SSSR count). The van der Waals surface area contributed by atoms with E-state index in [0.29, 0.717) is 45.3 Å². The maximum atomic E-state index is 12.7. The number of thioether (sulfide) groups is 1. The first kappa shape index (κ1) is 39.6. The third-order valence-corrected chi connectivity index (χ3v) is 10.7. The van der Waals surface area contributed by atoms with E-state index in [1.54, 1.807) is 18.2 Å². The predicted molar refractivity (Wildman–Crippen MR) is 205 cm³/mol. The maximum absolute atomic E-state index is 12.7. The van der Waals surface area contributed by atoms with Crippen LogP contribution < -0.4 is 21.5 Å². The van der Waals surface area contributed by atoms with Crippen molar-refractivity contribution < 1.29 is 40.4 Å².